The third-order valence-corrected chi connectivity index (χ3v) is 5.94. The first-order chi connectivity index (χ1) is 9.55. The SMILES string of the molecule is C[Si](C)(C)c1[nH]c2ccccc2c1C[C@H]1COCCN1. The lowest BCUT2D eigenvalue weighted by atomic mass is 10.0. The maximum Gasteiger partial charge on any atom is 0.0985 e. The second kappa shape index (κ2) is 5.35. The van der Waals surface area contributed by atoms with Gasteiger partial charge in [0, 0.05) is 28.8 Å². The predicted molar refractivity (Wildman–Crippen MR) is 87.6 cm³/mol. The third-order valence-electron chi connectivity index (χ3n) is 4.01. The number of morpholine rings is 1. The largest absolute Gasteiger partial charge is 0.379 e. The van der Waals surface area contributed by atoms with E-state index in [2.05, 4.69) is 54.2 Å². The lowest BCUT2D eigenvalue weighted by Gasteiger charge is -2.25. The number of fused-ring (bicyclic) bond motifs is 1. The molecule has 0 unspecified atom stereocenters. The van der Waals surface area contributed by atoms with Crippen LogP contribution < -0.4 is 10.6 Å². The molecule has 2 N–H and O–H groups in total. The van der Waals surface area contributed by atoms with E-state index in [9.17, 15) is 0 Å². The second-order valence-corrected chi connectivity index (χ2v) is 11.7. The molecule has 1 aliphatic heterocycles. The number of aromatic amines is 1. The smallest absolute Gasteiger partial charge is 0.0985 e. The van der Waals surface area contributed by atoms with E-state index in [-0.39, 0.29) is 0 Å². The van der Waals surface area contributed by atoms with Gasteiger partial charge in [0.1, 0.15) is 0 Å². The van der Waals surface area contributed by atoms with Gasteiger partial charge in [-0.15, -0.1) is 0 Å². The van der Waals surface area contributed by atoms with Gasteiger partial charge in [0.05, 0.1) is 21.3 Å². The number of para-hydroxylation sites is 1. The second-order valence-electron chi connectivity index (χ2n) is 6.70. The van der Waals surface area contributed by atoms with Crippen LogP contribution >= 0.6 is 0 Å². The molecule has 4 heteroatoms. The van der Waals surface area contributed by atoms with Crippen molar-refractivity contribution in [1.29, 1.82) is 0 Å². The average molecular weight is 288 g/mol. The van der Waals surface area contributed by atoms with Crippen molar-refractivity contribution >= 4 is 24.3 Å². The molecule has 1 aromatic carbocycles. The van der Waals surface area contributed by atoms with E-state index in [0.29, 0.717) is 6.04 Å². The van der Waals surface area contributed by atoms with E-state index in [0.717, 1.165) is 26.2 Å². The van der Waals surface area contributed by atoms with Gasteiger partial charge in [-0.2, -0.15) is 0 Å². The lowest BCUT2D eigenvalue weighted by Crippen LogP contribution is -2.46. The zero-order chi connectivity index (χ0) is 14.2. The number of nitrogens with one attached hydrogen (secondary N) is 2. The standard InChI is InChI=1S/C16H24N2OSi/c1-20(2,3)16-14(10-12-11-19-9-8-17-12)13-6-4-5-7-15(13)18-16/h4-7,12,17-18H,8-11H2,1-3H3/t12-/m0/s1. The number of aromatic nitrogens is 1. The fourth-order valence-corrected chi connectivity index (χ4v) is 4.70. The Morgan fingerprint density at radius 2 is 2.05 bits per heavy atom. The summed E-state index contributed by atoms with van der Waals surface area (Å²) in [6.07, 6.45) is 1.06. The summed E-state index contributed by atoms with van der Waals surface area (Å²) in [4.78, 5) is 3.69. The summed E-state index contributed by atoms with van der Waals surface area (Å²) in [7, 11) is -1.37. The molecule has 1 aromatic heterocycles. The summed E-state index contributed by atoms with van der Waals surface area (Å²) in [5, 5.41) is 6.46. The summed E-state index contributed by atoms with van der Waals surface area (Å²) in [5.74, 6) is 0. The first-order valence-electron chi connectivity index (χ1n) is 7.47. The number of H-pyrrole nitrogens is 1. The molecule has 0 amide bonds. The molecular weight excluding hydrogens is 264 g/mol. The minimum absolute atomic E-state index is 0.443. The van der Waals surface area contributed by atoms with Gasteiger partial charge in [-0.05, 0) is 18.1 Å². The van der Waals surface area contributed by atoms with Crippen molar-refractivity contribution in [2.24, 2.45) is 0 Å². The summed E-state index contributed by atoms with van der Waals surface area (Å²) in [5.41, 5.74) is 2.78. The fraction of sp³-hybridized carbons (Fsp3) is 0.500. The van der Waals surface area contributed by atoms with Crippen molar-refractivity contribution in [3.63, 3.8) is 0 Å². The number of rotatable bonds is 3. The van der Waals surface area contributed by atoms with Crippen molar-refractivity contribution in [2.45, 2.75) is 32.1 Å². The molecule has 1 saturated heterocycles. The van der Waals surface area contributed by atoms with E-state index in [1.54, 1.807) is 0 Å². The molecule has 0 aliphatic carbocycles. The maximum absolute atomic E-state index is 5.61. The van der Waals surface area contributed by atoms with Crippen LogP contribution in [0.5, 0.6) is 0 Å². The van der Waals surface area contributed by atoms with Gasteiger partial charge in [-0.1, -0.05) is 37.8 Å². The topological polar surface area (TPSA) is 37.0 Å². The Morgan fingerprint density at radius 3 is 2.75 bits per heavy atom. The van der Waals surface area contributed by atoms with Crippen LogP contribution in [0.2, 0.25) is 19.6 Å². The molecule has 1 fully saturated rings. The fourth-order valence-electron chi connectivity index (χ4n) is 3.05. The Balaban J connectivity index is 2.01. The van der Waals surface area contributed by atoms with Crippen LogP contribution in [0, 0.1) is 0 Å². The Kier molecular flexibility index (Phi) is 3.71. The van der Waals surface area contributed by atoms with E-state index in [4.69, 9.17) is 4.74 Å². The predicted octanol–water partition coefficient (Wildman–Crippen LogP) is 2.24. The first-order valence-corrected chi connectivity index (χ1v) is 11.0. The van der Waals surface area contributed by atoms with Crippen molar-refractivity contribution in [2.75, 3.05) is 19.8 Å². The van der Waals surface area contributed by atoms with Crippen LogP contribution in [0.4, 0.5) is 0 Å². The van der Waals surface area contributed by atoms with Gasteiger partial charge in [-0.25, -0.2) is 0 Å². The summed E-state index contributed by atoms with van der Waals surface area (Å²) >= 11 is 0. The van der Waals surface area contributed by atoms with Gasteiger partial charge in [0.25, 0.3) is 0 Å². The van der Waals surface area contributed by atoms with E-state index >= 15 is 0 Å². The summed E-state index contributed by atoms with van der Waals surface area (Å²) in [6, 6.07) is 9.12. The number of benzene rings is 1. The molecule has 1 aliphatic rings. The quantitative estimate of drug-likeness (QED) is 0.850. The van der Waals surface area contributed by atoms with Crippen LogP contribution in [-0.2, 0) is 11.2 Å². The highest BCUT2D eigenvalue weighted by Gasteiger charge is 2.26. The van der Waals surface area contributed by atoms with Crippen molar-refractivity contribution in [1.82, 2.24) is 10.3 Å². The number of hydrogen-bond donors (Lipinski definition) is 2. The molecule has 2 heterocycles. The Morgan fingerprint density at radius 1 is 1.25 bits per heavy atom. The van der Waals surface area contributed by atoms with Crippen LogP contribution in [0.3, 0.4) is 0 Å². The van der Waals surface area contributed by atoms with Crippen LogP contribution in [0.15, 0.2) is 24.3 Å². The molecule has 20 heavy (non-hydrogen) atoms. The summed E-state index contributed by atoms with van der Waals surface area (Å²) in [6.45, 7) is 9.86. The maximum atomic E-state index is 5.61. The van der Waals surface area contributed by atoms with Gasteiger partial charge in [0.15, 0.2) is 0 Å². The molecule has 108 valence electrons. The Labute approximate surface area is 121 Å². The van der Waals surface area contributed by atoms with E-state index < -0.39 is 8.07 Å². The monoisotopic (exact) mass is 288 g/mol. The van der Waals surface area contributed by atoms with E-state index in [1.165, 1.54) is 21.8 Å². The molecule has 3 nitrogen and oxygen atoms in total. The zero-order valence-corrected chi connectivity index (χ0v) is 13.6. The van der Waals surface area contributed by atoms with Gasteiger partial charge < -0.3 is 15.0 Å². The normalized spacial score (nSPS) is 20.4. The Hall–Kier alpha value is -1.10. The zero-order valence-electron chi connectivity index (χ0n) is 12.6. The molecule has 0 radical (unpaired) electrons. The van der Waals surface area contributed by atoms with Crippen LogP contribution in [0.25, 0.3) is 10.9 Å². The minimum Gasteiger partial charge on any atom is -0.379 e. The molecule has 0 bridgehead atoms. The number of ether oxygens (including phenoxy) is 1. The highest BCUT2D eigenvalue weighted by molar-refractivity contribution is 6.88. The Bertz CT molecular complexity index is 594. The average Bonchev–Trinajstić information content (AvgIpc) is 2.79. The first kappa shape index (κ1) is 13.9. The molecule has 1 atom stereocenters. The molecule has 2 aromatic rings. The molecule has 3 rings (SSSR count). The van der Waals surface area contributed by atoms with E-state index in [1.807, 2.05) is 0 Å². The summed E-state index contributed by atoms with van der Waals surface area (Å²) < 4.78 is 5.61. The van der Waals surface area contributed by atoms with Crippen molar-refractivity contribution in [3.8, 4) is 0 Å². The third kappa shape index (κ3) is 2.68. The van der Waals surface area contributed by atoms with Crippen molar-refractivity contribution in [3.05, 3.63) is 29.8 Å². The highest BCUT2D eigenvalue weighted by Crippen LogP contribution is 2.21. The molecular formula is C16H24N2OSi. The minimum atomic E-state index is -1.37. The van der Waals surface area contributed by atoms with Gasteiger partial charge >= 0.3 is 0 Å². The van der Waals surface area contributed by atoms with Gasteiger partial charge in [0.2, 0.25) is 0 Å². The lowest BCUT2D eigenvalue weighted by molar-refractivity contribution is 0.0772. The highest BCUT2D eigenvalue weighted by atomic mass is 28.3. The van der Waals surface area contributed by atoms with Crippen LogP contribution in [0.1, 0.15) is 5.56 Å². The molecule has 0 spiro atoms. The number of hydrogen-bond acceptors (Lipinski definition) is 2. The van der Waals surface area contributed by atoms with Crippen LogP contribution in [-0.4, -0.2) is 38.9 Å². The van der Waals surface area contributed by atoms with Crippen molar-refractivity contribution < 1.29 is 4.74 Å². The van der Waals surface area contributed by atoms with Gasteiger partial charge in [-0.3, -0.25) is 0 Å². The molecule has 0 saturated carbocycles.